The lowest BCUT2D eigenvalue weighted by atomic mass is 9.90. The summed E-state index contributed by atoms with van der Waals surface area (Å²) in [7, 11) is 1.19. The van der Waals surface area contributed by atoms with E-state index in [0.29, 0.717) is 4.48 Å². The fourth-order valence-corrected chi connectivity index (χ4v) is 2.03. The number of aliphatic imine (C=N–C) groups is 1. The number of carbonyl (C=O) groups excluding carboxylic acids is 2. The number of fused-ring (bicyclic) bond motifs is 1. The predicted molar refractivity (Wildman–Crippen MR) is 62.2 cm³/mol. The van der Waals surface area contributed by atoms with Crippen molar-refractivity contribution in [2.45, 2.75) is 0 Å². The van der Waals surface area contributed by atoms with E-state index in [9.17, 15) is 14.0 Å². The molecule has 0 radical (unpaired) electrons. The summed E-state index contributed by atoms with van der Waals surface area (Å²) in [5.74, 6) is -2.88. The Hall–Kier alpha value is -1.56. The van der Waals surface area contributed by atoms with Crippen molar-refractivity contribution < 1.29 is 18.7 Å². The minimum atomic E-state index is -1.05. The van der Waals surface area contributed by atoms with Gasteiger partial charge in [0.1, 0.15) is 11.7 Å². The quantitative estimate of drug-likeness (QED) is 0.694. The highest BCUT2D eigenvalue weighted by molar-refractivity contribution is 9.12. The second-order valence-electron chi connectivity index (χ2n) is 3.42. The Bertz CT molecular complexity index is 531. The Balaban J connectivity index is 2.48. The summed E-state index contributed by atoms with van der Waals surface area (Å²) in [4.78, 5) is 26.9. The van der Waals surface area contributed by atoms with E-state index >= 15 is 0 Å². The van der Waals surface area contributed by atoms with Gasteiger partial charge in [-0.15, -0.1) is 0 Å². The first kappa shape index (κ1) is 11.9. The fraction of sp³-hybridized carbons (Fsp3) is 0.182. The zero-order valence-corrected chi connectivity index (χ0v) is 10.3. The number of ether oxygens (including phenoxy) is 1. The normalized spacial score (nSPS) is 23.0. The number of esters is 1. The van der Waals surface area contributed by atoms with Crippen LogP contribution in [0.15, 0.2) is 39.2 Å². The summed E-state index contributed by atoms with van der Waals surface area (Å²) in [5.41, 5.74) is 0.0710. The van der Waals surface area contributed by atoms with Crippen LogP contribution >= 0.6 is 15.9 Å². The maximum atomic E-state index is 13.5. The van der Waals surface area contributed by atoms with Crippen molar-refractivity contribution in [3.8, 4) is 0 Å². The summed E-state index contributed by atoms with van der Waals surface area (Å²) < 4.78 is 18.5. The van der Waals surface area contributed by atoms with Gasteiger partial charge in [-0.3, -0.25) is 4.79 Å². The Morgan fingerprint density at radius 1 is 1.53 bits per heavy atom. The van der Waals surface area contributed by atoms with Crippen LogP contribution in [0.4, 0.5) is 4.39 Å². The van der Waals surface area contributed by atoms with Crippen LogP contribution in [0, 0.1) is 5.92 Å². The van der Waals surface area contributed by atoms with Gasteiger partial charge in [-0.25, -0.2) is 14.2 Å². The Kier molecular flexibility index (Phi) is 3.06. The molecule has 0 aromatic carbocycles. The number of ketones is 1. The van der Waals surface area contributed by atoms with Crippen LogP contribution in [-0.4, -0.2) is 24.6 Å². The second kappa shape index (κ2) is 4.37. The number of rotatable bonds is 1. The molecule has 0 amide bonds. The zero-order chi connectivity index (χ0) is 12.6. The molecule has 1 aliphatic heterocycles. The van der Waals surface area contributed by atoms with Crippen LogP contribution in [0.3, 0.4) is 0 Å². The molecule has 1 atom stereocenters. The highest BCUT2D eigenvalue weighted by Crippen LogP contribution is 2.32. The average molecular weight is 300 g/mol. The first-order valence-corrected chi connectivity index (χ1v) is 5.49. The van der Waals surface area contributed by atoms with Crippen molar-refractivity contribution in [1.82, 2.24) is 0 Å². The zero-order valence-electron chi connectivity index (χ0n) is 8.74. The molecule has 0 saturated carbocycles. The molecule has 0 spiro atoms. The van der Waals surface area contributed by atoms with Gasteiger partial charge in [0.15, 0.2) is 11.5 Å². The number of allylic oxidation sites excluding steroid dienone is 5. The molecule has 0 aromatic rings. The van der Waals surface area contributed by atoms with Gasteiger partial charge in [0.2, 0.25) is 0 Å². The van der Waals surface area contributed by atoms with Gasteiger partial charge in [-0.2, -0.15) is 0 Å². The average Bonchev–Trinajstić information content (AvgIpc) is 2.32. The van der Waals surface area contributed by atoms with E-state index < -0.39 is 23.5 Å². The van der Waals surface area contributed by atoms with Crippen LogP contribution in [0.5, 0.6) is 0 Å². The monoisotopic (exact) mass is 299 g/mol. The number of hydrogen-bond acceptors (Lipinski definition) is 4. The third-order valence-corrected chi connectivity index (χ3v) is 3.05. The molecular weight excluding hydrogens is 293 g/mol. The molecule has 0 saturated heterocycles. The lowest BCUT2D eigenvalue weighted by molar-refractivity contribution is -0.136. The van der Waals surface area contributed by atoms with Gasteiger partial charge in [-0.1, -0.05) is 0 Å². The highest BCUT2D eigenvalue weighted by atomic mass is 79.9. The fourth-order valence-electron chi connectivity index (χ4n) is 1.58. The first-order valence-electron chi connectivity index (χ1n) is 4.70. The summed E-state index contributed by atoms with van der Waals surface area (Å²) >= 11 is 3.17. The maximum Gasteiger partial charge on any atom is 0.356 e. The van der Waals surface area contributed by atoms with Gasteiger partial charge in [0, 0.05) is 10.6 Å². The van der Waals surface area contributed by atoms with E-state index in [1.54, 1.807) is 0 Å². The molecule has 4 nitrogen and oxygen atoms in total. The van der Waals surface area contributed by atoms with Crippen LogP contribution < -0.4 is 0 Å². The van der Waals surface area contributed by atoms with Gasteiger partial charge < -0.3 is 4.74 Å². The van der Waals surface area contributed by atoms with Crippen molar-refractivity contribution in [3.05, 3.63) is 34.2 Å². The minimum absolute atomic E-state index is 0.121. The van der Waals surface area contributed by atoms with Gasteiger partial charge in [0.05, 0.1) is 12.8 Å². The van der Waals surface area contributed by atoms with E-state index in [0.717, 1.165) is 6.08 Å². The van der Waals surface area contributed by atoms with E-state index in [-0.39, 0.29) is 11.4 Å². The number of halogens is 2. The first-order chi connectivity index (χ1) is 8.04. The summed E-state index contributed by atoms with van der Waals surface area (Å²) in [6.07, 6.45) is 3.64. The molecule has 88 valence electrons. The van der Waals surface area contributed by atoms with Gasteiger partial charge >= 0.3 is 5.97 Å². The SMILES string of the molecule is COC(=O)C1=CC(=O)C2C(F)=CC=C(Br)C2=N1. The summed E-state index contributed by atoms with van der Waals surface area (Å²) in [6.45, 7) is 0. The minimum Gasteiger partial charge on any atom is -0.464 e. The van der Waals surface area contributed by atoms with Crippen LogP contribution in [0.2, 0.25) is 0 Å². The summed E-state index contributed by atoms with van der Waals surface area (Å²) in [6, 6.07) is 0. The maximum absolute atomic E-state index is 13.5. The number of nitrogens with zero attached hydrogens (tertiary/aromatic N) is 1. The number of methoxy groups -OCH3 is 1. The van der Waals surface area contributed by atoms with Gasteiger partial charge in [0.25, 0.3) is 0 Å². The van der Waals surface area contributed by atoms with E-state index in [2.05, 4.69) is 25.7 Å². The van der Waals surface area contributed by atoms with Gasteiger partial charge in [-0.05, 0) is 28.1 Å². The van der Waals surface area contributed by atoms with Crippen LogP contribution in [0.1, 0.15) is 0 Å². The number of carbonyl (C=O) groups is 2. The molecule has 17 heavy (non-hydrogen) atoms. The number of hydrogen-bond donors (Lipinski definition) is 0. The lowest BCUT2D eigenvalue weighted by Gasteiger charge is -2.21. The molecule has 0 aromatic heterocycles. The second-order valence-corrected chi connectivity index (χ2v) is 4.27. The molecular formula is C11H7BrFNO3. The van der Waals surface area contributed by atoms with Crippen molar-refractivity contribution >= 4 is 33.4 Å². The lowest BCUT2D eigenvalue weighted by Crippen LogP contribution is -2.30. The Morgan fingerprint density at radius 3 is 2.88 bits per heavy atom. The topological polar surface area (TPSA) is 55.7 Å². The molecule has 1 heterocycles. The van der Waals surface area contributed by atoms with Crippen molar-refractivity contribution in [1.29, 1.82) is 0 Å². The van der Waals surface area contributed by atoms with Crippen LogP contribution in [-0.2, 0) is 14.3 Å². The van der Waals surface area contributed by atoms with E-state index in [1.165, 1.54) is 19.3 Å². The highest BCUT2D eigenvalue weighted by Gasteiger charge is 2.35. The molecule has 0 N–H and O–H groups in total. The standard InChI is InChI=1S/C11H7BrFNO3/c1-17-11(16)7-4-8(15)9-6(13)3-2-5(12)10(9)14-7/h2-4,9H,1H3. The third-order valence-electron chi connectivity index (χ3n) is 2.38. The van der Waals surface area contributed by atoms with Crippen molar-refractivity contribution in [3.63, 3.8) is 0 Å². The smallest absolute Gasteiger partial charge is 0.356 e. The molecule has 0 bridgehead atoms. The van der Waals surface area contributed by atoms with E-state index in [1.807, 2.05) is 0 Å². The summed E-state index contributed by atoms with van der Waals surface area (Å²) in [5, 5.41) is 0. The predicted octanol–water partition coefficient (Wildman–Crippen LogP) is 1.83. The third kappa shape index (κ3) is 2.00. The van der Waals surface area contributed by atoms with Crippen molar-refractivity contribution in [2.75, 3.05) is 7.11 Å². The van der Waals surface area contributed by atoms with Crippen molar-refractivity contribution in [2.24, 2.45) is 10.9 Å². The molecule has 1 unspecified atom stereocenters. The molecule has 2 aliphatic rings. The molecule has 0 fully saturated rings. The Morgan fingerprint density at radius 2 is 2.24 bits per heavy atom. The van der Waals surface area contributed by atoms with Crippen LogP contribution in [0.25, 0.3) is 0 Å². The largest absolute Gasteiger partial charge is 0.464 e. The molecule has 1 aliphatic carbocycles. The molecule has 2 rings (SSSR count). The molecule has 6 heteroatoms. The van der Waals surface area contributed by atoms with E-state index in [4.69, 9.17) is 0 Å². The Labute approximate surface area is 105 Å².